The molecule has 0 aromatic rings. The van der Waals surface area contributed by atoms with Gasteiger partial charge in [-0.3, -0.25) is 14.5 Å². The molecule has 0 spiro atoms. The van der Waals surface area contributed by atoms with E-state index in [0.717, 1.165) is 52.1 Å². The summed E-state index contributed by atoms with van der Waals surface area (Å²) < 4.78 is 0. The molecule has 2 aliphatic rings. The van der Waals surface area contributed by atoms with Crippen LogP contribution in [0.5, 0.6) is 0 Å². The van der Waals surface area contributed by atoms with Gasteiger partial charge in [0.15, 0.2) is 0 Å². The van der Waals surface area contributed by atoms with E-state index in [0.29, 0.717) is 13.0 Å². The Bertz CT molecular complexity index is 330. The number of carbonyl (C=O) groups excluding carboxylic acids is 2. The highest BCUT2D eigenvalue weighted by molar-refractivity contribution is 5.78. The Hall–Kier alpha value is -1.10. The van der Waals surface area contributed by atoms with E-state index in [2.05, 4.69) is 4.90 Å². The van der Waals surface area contributed by atoms with Crippen molar-refractivity contribution in [3.63, 3.8) is 0 Å². The van der Waals surface area contributed by atoms with Gasteiger partial charge in [-0.2, -0.15) is 0 Å². The van der Waals surface area contributed by atoms with Gasteiger partial charge in [-0.1, -0.05) is 19.8 Å². The van der Waals surface area contributed by atoms with E-state index in [1.54, 1.807) is 0 Å². The van der Waals surface area contributed by atoms with Crippen molar-refractivity contribution < 1.29 is 9.59 Å². The van der Waals surface area contributed by atoms with Gasteiger partial charge in [0.2, 0.25) is 11.8 Å². The fraction of sp³-hybridized carbons (Fsp3) is 0.867. The maximum Gasteiger partial charge on any atom is 0.236 e. The number of carbonyl (C=O) groups is 2. The molecule has 2 saturated heterocycles. The van der Waals surface area contributed by atoms with Gasteiger partial charge in [0.25, 0.3) is 0 Å². The third-order valence-corrected chi connectivity index (χ3v) is 4.35. The Morgan fingerprint density at radius 1 is 0.750 bits per heavy atom. The van der Waals surface area contributed by atoms with Crippen LogP contribution in [0.3, 0.4) is 0 Å². The van der Waals surface area contributed by atoms with Gasteiger partial charge in [-0.05, 0) is 12.8 Å². The van der Waals surface area contributed by atoms with Crippen molar-refractivity contribution >= 4 is 11.8 Å². The molecule has 0 saturated carbocycles. The lowest BCUT2D eigenvalue weighted by atomic mass is 10.2. The van der Waals surface area contributed by atoms with Crippen LogP contribution < -0.4 is 0 Å². The summed E-state index contributed by atoms with van der Waals surface area (Å²) in [5.74, 6) is 0.491. The Labute approximate surface area is 121 Å². The number of hydrogen-bond donors (Lipinski definition) is 0. The Morgan fingerprint density at radius 3 is 1.85 bits per heavy atom. The quantitative estimate of drug-likeness (QED) is 0.773. The van der Waals surface area contributed by atoms with Crippen LogP contribution in [-0.2, 0) is 9.59 Å². The normalized spacial score (nSPS) is 21.6. The Balaban J connectivity index is 1.74. The van der Waals surface area contributed by atoms with E-state index in [1.165, 1.54) is 12.8 Å². The third-order valence-electron chi connectivity index (χ3n) is 4.35. The molecule has 0 radical (unpaired) electrons. The van der Waals surface area contributed by atoms with Gasteiger partial charge in [0.1, 0.15) is 0 Å². The SMILES string of the molecule is CCC(=O)N1CCN(CC(=O)N2CCCCCC2)CC1. The average Bonchev–Trinajstić information content (AvgIpc) is 2.76. The zero-order valence-corrected chi connectivity index (χ0v) is 12.6. The molecular weight excluding hydrogens is 254 g/mol. The lowest BCUT2D eigenvalue weighted by Gasteiger charge is -2.35. The second-order valence-electron chi connectivity index (χ2n) is 5.81. The topological polar surface area (TPSA) is 43.9 Å². The Morgan fingerprint density at radius 2 is 1.30 bits per heavy atom. The lowest BCUT2D eigenvalue weighted by Crippen LogP contribution is -2.51. The third kappa shape index (κ3) is 4.20. The van der Waals surface area contributed by atoms with Crippen molar-refractivity contribution in [2.45, 2.75) is 39.0 Å². The van der Waals surface area contributed by atoms with Crippen LogP contribution >= 0.6 is 0 Å². The van der Waals surface area contributed by atoms with Crippen LogP contribution in [-0.4, -0.2) is 72.3 Å². The standard InChI is InChI=1S/C15H27N3O2/c1-2-14(19)18-11-9-16(10-12-18)13-15(20)17-7-5-3-4-6-8-17/h2-13H2,1H3. The summed E-state index contributed by atoms with van der Waals surface area (Å²) in [6.45, 7) is 7.45. The van der Waals surface area contributed by atoms with Crippen molar-refractivity contribution in [3.8, 4) is 0 Å². The highest BCUT2D eigenvalue weighted by Crippen LogP contribution is 2.11. The van der Waals surface area contributed by atoms with Gasteiger partial charge in [0, 0.05) is 45.7 Å². The molecule has 114 valence electrons. The highest BCUT2D eigenvalue weighted by atomic mass is 16.2. The molecule has 2 amide bonds. The molecule has 2 aliphatic heterocycles. The number of nitrogens with zero attached hydrogens (tertiary/aromatic N) is 3. The number of hydrogen-bond acceptors (Lipinski definition) is 3. The van der Waals surface area contributed by atoms with Crippen LogP contribution in [0.25, 0.3) is 0 Å². The van der Waals surface area contributed by atoms with Crippen LogP contribution in [0.1, 0.15) is 39.0 Å². The summed E-state index contributed by atoms with van der Waals surface area (Å²) in [6, 6.07) is 0. The molecular formula is C15H27N3O2. The van der Waals surface area contributed by atoms with Gasteiger partial charge >= 0.3 is 0 Å². The van der Waals surface area contributed by atoms with Gasteiger partial charge in [0.05, 0.1) is 6.54 Å². The van der Waals surface area contributed by atoms with E-state index >= 15 is 0 Å². The van der Waals surface area contributed by atoms with E-state index in [4.69, 9.17) is 0 Å². The van der Waals surface area contributed by atoms with E-state index in [9.17, 15) is 9.59 Å². The van der Waals surface area contributed by atoms with Crippen molar-refractivity contribution in [2.24, 2.45) is 0 Å². The average molecular weight is 281 g/mol. The summed E-state index contributed by atoms with van der Waals surface area (Å²) in [4.78, 5) is 30.0. The fourth-order valence-corrected chi connectivity index (χ4v) is 2.99. The largest absolute Gasteiger partial charge is 0.342 e. The second-order valence-corrected chi connectivity index (χ2v) is 5.81. The molecule has 2 rings (SSSR count). The smallest absolute Gasteiger partial charge is 0.236 e. The van der Waals surface area contributed by atoms with Crippen molar-refractivity contribution in [1.82, 2.24) is 14.7 Å². The van der Waals surface area contributed by atoms with Crippen LogP contribution in [0, 0.1) is 0 Å². The summed E-state index contributed by atoms with van der Waals surface area (Å²) in [7, 11) is 0. The number of rotatable bonds is 3. The van der Waals surface area contributed by atoms with E-state index in [-0.39, 0.29) is 11.8 Å². The maximum atomic E-state index is 12.3. The van der Waals surface area contributed by atoms with Crippen molar-refractivity contribution in [2.75, 3.05) is 45.8 Å². The first-order chi connectivity index (χ1) is 9.70. The van der Waals surface area contributed by atoms with Gasteiger partial charge < -0.3 is 9.80 Å². The first-order valence-electron chi connectivity index (χ1n) is 7.98. The van der Waals surface area contributed by atoms with Crippen LogP contribution in [0.2, 0.25) is 0 Å². The van der Waals surface area contributed by atoms with E-state index in [1.807, 2.05) is 16.7 Å². The van der Waals surface area contributed by atoms with Crippen molar-refractivity contribution in [1.29, 1.82) is 0 Å². The molecule has 0 N–H and O–H groups in total. The summed E-state index contributed by atoms with van der Waals surface area (Å²) in [5.41, 5.74) is 0. The first kappa shape index (κ1) is 15.3. The minimum Gasteiger partial charge on any atom is -0.342 e. The van der Waals surface area contributed by atoms with Crippen LogP contribution in [0.4, 0.5) is 0 Å². The monoisotopic (exact) mass is 281 g/mol. The molecule has 0 aromatic heterocycles. The maximum absolute atomic E-state index is 12.3. The molecule has 0 unspecified atom stereocenters. The van der Waals surface area contributed by atoms with Gasteiger partial charge in [-0.25, -0.2) is 0 Å². The number of piperazine rings is 1. The van der Waals surface area contributed by atoms with Crippen molar-refractivity contribution in [3.05, 3.63) is 0 Å². The minimum atomic E-state index is 0.225. The summed E-state index contributed by atoms with van der Waals surface area (Å²) in [5, 5.41) is 0. The number of likely N-dealkylation sites (tertiary alicyclic amines) is 1. The molecule has 2 fully saturated rings. The first-order valence-corrected chi connectivity index (χ1v) is 7.98. The second kappa shape index (κ2) is 7.62. The molecule has 20 heavy (non-hydrogen) atoms. The summed E-state index contributed by atoms with van der Waals surface area (Å²) >= 11 is 0. The number of amides is 2. The predicted molar refractivity (Wildman–Crippen MR) is 78.4 cm³/mol. The minimum absolute atomic E-state index is 0.225. The molecule has 0 bridgehead atoms. The molecule has 0 aromatic carbocycles. The molecule has 2 heterocycles. The van der Waals surface area contributed by atoms with Crippen LogP contribution in [0.15, 0.2) is 0 Å². The van der Waals surface area contributed by atoms with Gasteiger partial charge in [-0.15, -0.1) is 0 Å². The highest BCUT2D eigenvalue weighted by Gasteiger charge is 2.23. The Kier molecular flexibility index (Phi) is 5.83. The zero-order valence-electron chi connectivity index (χ0n) is 12.6. The molecule has 5 nitrogen and oxygen atoms in total. The predicted octanol–water partition coefficient (Wildman–Crippen LogP) is 0.943. The molecule has 0 atom stereocenters. The zero-order chi connectivity index (χ0) is 14.4. The summed E-state index contributed by atoms with van der Waals surface area (Å²) in [6.07, 6.45) is 5.37. The molecule has 5 heteroatoms. The molecule has 0 aliphatic carbocycles. The van der Waals surface area contributed by atoms with E-state index < -0.39 is 0 Å². The fourth-order valence-electron chi connectivity index (χ4n) is 2.99. The lowest BCUT2D eigenvalue weighted by molar-refractivity contribution is -0.135.